The third-order valence-electron chi connectivity index (χ3n) is 7.48. The van der Waals surface area contributed by atoms with Gasteiger partial charge in [0.1, 0.15) is 23.8 Å². The molecule has 0 saturated heterocycles. The van der Waals surface area contributed by atoms with Crippen molar-refractivity contribution in [2.75, 3.05) is 23.8 Å². The van der Waals surface area contributed by atoms with Crippen LogP contribution in [-0.2, 0) is 11.2 Å². The lowest BCUT2D eigenvalue weighted by Gasteiger charge is -2.32. The molecule has 2 N–H and O–H groups in total. The van der Waals surface area contributed by atoms with Crippen LogP contribution in [0.1, 0.15) is 62.1 Å². The summed E-state index contributed by atoms with van der Waals surface area (Å²) in [5.74, 6) is 2.19. The molecule has 3 aliphatic rings. The van der Waals surface area contributed by atoms with Crippen molar-refractivity contribution in [3.05, 3.63) is 52.9 Å². The van der Waals surface area contributed by atoms with Crippen molar-refractivity contribution < 1.29 is 19.3 Å². The van der Waals surface area contributed by atoms with Crippen molar-refractivity contribution in [3.63, 3.8) is 0 Å². The Balaban J connectivity index is 1.49. The minimum atomic E-state index is -0.947. The minimum absolute atomic E-state index is 0.100. The second-order valence-corrected chi connectivity index (χ2v) is 11.4. The molecule has 0 spiro atoms. The lowest BCUT2D eigenvalue weighted by atomic mass is 10.1. The number of halogens is 1. The summed E-state index contributed by atoms with van der Waals surface area (Å²) in [5.41, 5.74) is 3.48. The summed E-state index contributed by atoms with van der Waals surface area (Å²) in [4.78, 5) is 16.9. The summed E-state index contributed by atoms with van der Waals surface area (Å²) < 4.78 is 20.1. The zero-order valence-corrected chi connectivity index (χ0v) is 23.1. The SMILES string of the molecule is CCCOC1CC(N2CC=CCc3c(N=C4CC4c4ccc(C)c(F)c4)nc(SCCC)nc32)C(O)C1O. The highest BCUT2D eigenvalue weighted by molar-refractivity contribution is 7.99. The van der Waals surface area contributed by atoms with E-state index in [9.17, 15) is 14.6 Å². The summed E-state index contributed by atoms with van der Waals surface area (Å²) in [7, 11) is 0. The Hall–Kier alpha value is -2.33. The van der Waals surface area contributed by atoms with Gasteiger partial charge in [0.25, 0.3) is 0 Å². The van der Waals surface area contributed by atoms with E-state index >= 15 is 0 Å². The van der Waals surface area contributed by atoms with Crippen LogP contribution >= 0.6 is 11.8 Å². The molecular formula is C29H37FN4O3S. The Kier molecular flexibility index (Phi) is 8.47. The summed E-state index contributed by atoms with van der Waals surface area (Å²) in [6, 6.07) is 5.07. The van der Waals surface area contributed by atoms with Crippen LogP contribution in [0.15, 0.2) is 40.5 Å². The van der Waals surface area contributed by atoms with E-state index in [1.54, 1.807) is 24.8 Å². The standard InChI is InChI=1S/C29H37FN4O3S/c1-4-12-37-24-16-23(25(35)26(24)36)34-11-7-6-8-19-27(32-29(33-28(19)34)38-13-5-2)31-22-15-20(22)18-10-9-17(3)21(30)14-18/h6-7,9-10,14,20,23-26,35-36H,4-5,8,11-13,15-16H2,1-3H3. The molecule has 2 aliphatic carbocycles. The Morgan fingerprint density at radius 1 is 1.16 bits per heavy atom. The van der Waals surface area contributed by atoms with E-state index in [0.717, 1.165) is 47.7 Å². The van der Waals surface area contributed by atoms with Gasteiger partial charge >= 0.3 is 0 Å². The quantitative estimate of drug-likeness (QED) is 0.266. The maximum absolute atomic E-state index is 14.2. The third-order valence-corrected chi connectivity index (χ3v) is 8.53. The van der Waals surface area contributed by atoms with Gasteiger partial charge in [-0.1, -0.05) is 49.9 Å². The summed E-state index contributed by atoms with van der Waals surface area (Å²) in [6.45, 7) is 7.03. The highest BCUT2D eigenvalue weighted by Crippen LogP contribution is 2.42. The number of hydrogen-bond acceptors (Lipinski definition) is 8. The van der Waals surface area contributed by atoms with Crippen LogP contribution < -0.4 is 4.90 Å². The molecule has 0 radical (unpaired) electrons. The Labute approximate surface area is 228 Å². The topological polar surface area (TPSA) is 91.1 Å². The number of thioether (sulfide) groups is 1. The molecule has 5 rings (SSSR count). The van der Waals surface area contributed by atoms with Crippen molar-refractivity contribution in [3.8, 4) is 0 Å². The molecule has 204 valence electrons. The van der Waals surface area contributed by atoms with Gasteiger partial charge in [-0.25, -0.2) is 19.4 Å². The Morgan fingerprint density at radius 3 is 2.76 bits per heavy atom. The zero-order valence-electron chi connectivity index (χ0n) is 22.3. The number of aryl methyl sites for hydroxylation is 1. The summed E-state index contributed by atoms with van der Waals surface area (Å²) in [5, 5.41) is 22.4. The first-order valence-electron chi connectivity index (χ1n) is 13.7. The molecule has 7 nitrogen and oxygen atoms in total. The number of nitrogens with zero attached hydrogens (tertiary/aromatic N) is 4. The average molecular weight is 541 g/mol. The number of hydrogen-bond donors (Lipinski definition) is 2. The molecule has 1 aromatic heterocycles. The van der Waals surface area contributed by atoms with Crippen molar-refractivity contribution in [1.82, 2.24) is 9.97 Å². The number of rotatable bonds is 9. The number of ether oxygens (including phenoxy) is 1. The molecule has 1 aromatic carbocycles. The predicted molar refractivity (Wildman–Crippen MR) is 149 cm³/mol. The first kappa shape index (κ1) is 27.2. The molecular weight excluding hydrogens is 503 g/mol. The average Bonchev–Trinajstić information content (AvgIpc) is 3.66. The van der Waals surface area contributed by atoms with Crippen LogP contribution in [0.3, 0.4) is 0 Å². The predicted octanol–water partition coefficient (Wildman–Crippen LogP) is 4.89. The molecule has 9 heteroatoms. The highest BCUT2D eigenvalue weighted by Gasteiger charge is 2.46. The number of fused-ring (bicyclic) bond motifs is 1. The smallest absolute Gasteiger partial charge is 0.191 e. The van der Waals surface area contributed by atoms with Gasteiger partial charge in [0, 0.05) is 36.1 Å². The molecule has 0 amide bonds. The van der Waals surface area contributed by atoms with E-state index in [4.69, 9.17) is 19.7 Å². The van der Waals surface area contributed by atoms with Gasteiger partial charge in [0.15, 0.2) is 11.0 Å². The molecule has 2 aromatic rings. The molecule has 38 heavy (non-hydrogen) atoms. The van der Waals surface area contributed by atoms with Gasteiger partial charge in [-0.2, -0.15) is 0 Å². The molecule has 2 heterocycles. The number of aliphatic imine (C=N–C) groups is 1. The van der Waals surface area contributed by atoms with E-state index in [1.807, 2.05) is 19.1 Å². The molecule has 5 unspecified atom stereocenters. The van der Waals surface area contributed by atoms with Crippen molar-refractivity contribution in [1.29, 1.82) is 0 Å². The number of benzene rings is 1. The fraction of sp³-hybridized carbons (Fsp3) is 0.552. The molecule has 1 aliphatic heterocycles. The normalized spacial score (nSPS) is 27.6. The second-order valence-electron chi connectivity index (χ2n) is 10.4. The molecule has 2 saturated carbocycles. The van der Waals surface area contributed by atoms with E-state index in [2.05, 4.69) is 24.0 Å². The van der Waals surface area contributed by atoms with E-state index in [1.165, 1.54) is 0 Å². The van der Waals surface area contributed by atoms with Crippen molar-refractivity contribution >= 4 is 29.1 Å². The number of allylic oxidation sites excluding steroid dienone is 1. The maximum Gasteiger partial charge on any atom is 0.191 e. The van der Waals surface area contributed by atoms with E-state index in [-0.39, 0.29) is 17.8 Å². The van der Waals surface area contributed by atoms with E-state index in [0.29, 0.717) is 42.5 Å². The van der Waals surface area contributed by atoms with Crippen LogP contribution in [0.2, 0.25) is 0 Å². The van der Waals surface area contributed by atoms with Gasteiger partial charge in [-0.3, -0.25) is 0 Å². The first-order chi connectivity index (χ1) is 18.4. The van der Waals surface area contributed by atoms with Crippen LogP contribution in [-0.4, -0.2) is 69.2 Å². The van der Waals surface area contributed by atoms with Crippen LogP contribution in [0.4, 0.5) is 16.0 Å². The highest BCUT2D eigenvalue weighted by atomic mass is 32.2. The van der Waals surface area contributed by atoms with Gasteiger partial charge in [-0.05, 0) is 56.2 Å². The fourth-order valence-corrected chi connectivity index (χ4v) is 5.93. The second kappa shape index (κ2) is 11.8. The lowest BCUT2D eigenvalue weighted by Crippen LogP contribution is -2.44. The monoisotopic (exact) mass is 540 g/mol. The molecule has 0 bridgehead atoms. The zero-order chi connectivity index (χ0) is 26.8. The van der Waals surface area contributed by atoms with Gasteiger partial charge in [0.2, 0.25) is 0 Å². The number of anilines is 1. The summed E-state index contributed by atoms with van der Waals surface area (Å²) >= 11 is 1.60. The maximum atomic E-state index is 14.2. The van der Waals surface area contributed by atoms with Crippen molar-refractivity contribution in [2.45, 2.75) is 88.3 Å². The van der Waals surface area contributed by atoms with Crippen LogP contribution in [0.5, 0.6) is 0 Å². The lowest BCUT2D eigenvalue weighted by molar-refractivity contribution is -0.0547. The van der Waals surface area contributed by atoms with Gasteiger partial charge < -0.3 is 19.8 Å². The summed E-state index contributed by atoms with van der Waals surface area (Å²) in [6.07, 6.45) is 5.63. The molecule has 2 fully saturated rings. The number of aliphatic hydroxyl groups excluding tert-OH is 2. The van der Waals surface area contributed by atoms with Crippen LogP contribution in [0.25, 0.3) is 0 Å². The number of aromatic nitrogens is 2. The van der Waals surface area contributed by atoms with Crippen LogP contribution in [0, 0.1) is 12.7 Å². The Morgan fingerprint density at radius 2 is 2.00 bits per heavy atom. The van der Waals surface area contributed by atoms with Gasteiger partial charge in [0.05, 0.1) is 12.1 Å². The minimum Gasteiger partial charge on any atom is -0.388 e. The van der Waals surface area contributed by atoms with Gasteiger partial charge in [-0.15, -0.1) is 0 Å². The van der Waals surface area contributed by atoms with E-state index < -0.39 is 18.3 Å². The number of aliphatic hydroxyl groups is 2. The third kappa shape index (κ3) is 5.66. The largest absolute Gasteiger partial charge is 0.388 e. The van der Waals surface area contributed by atoms with Crippen molar-refractivity contribution in [2.24, 2.45) is 4.99 Å². The fourth-order valence-electron chi connectivity index (χ4n) is 5.24. The first-order valence-corrected chi connectivity index (χ1v) is 14.7. The molecule has 5 atom stereocenters. The Bertz CT molecular complexity index is 1220.